The molecule has 1 aliphatic rings. The van der Waals surface area contributed by atoms with Gasteiger partial charge in [-0.1, -0.05) is 60.7 Å². The van der Waals surface area contributed by atoms with Crippen molar-refractivity contribution in [2.24, 2.45) is 0 Å². The van der Waals surface area contributed by atoms with Crippen LogP contribution in [0.3, 0.4) is 0 Å². The lowest BCUT2D eigenvalue weighted by Gasteiger charge is -2.32. The van der Waals surface area contributed by atoms with Crippen molar-refractivity contribution in [1.82, 2.24) is 10.6 Å². The molecule has 8 nitrogen and oxygen atoms in total. The van der Waals surface area contributed by atoms with Gasteiger partial charge in [0, 0.05) is 0 Å². The summed E-state index contributed by atoms with van der Waals surface area (Å²) in [5, 5.41) is 14.6. The number of carbonyl (C=O) groups excluding carboxylic acids is 1. The van der Waals surface area contributed by atoms with Crippen molar-refractivity contribution in [2.45, 2.75) is 76.7 Å². The van der Waals surface area contributed by atoms with E-state index in [1.807, 2.05) is 76.2 Å². The number of nitrogens with one attached hydrogen (secondary N) is 2. The minimum Gasteiger partial charge on any atom is -0.465 e. The zero-order valence-electron chi connectivity index (χ0n) is 21.5. The SMILES string of the molecule is CC1(C)OB(C(CCCc2ccccc2)NC(=O)C(COCc2ccccc2)NC(=O)O)OC1(C)C. The molecule has 3 N–H and O–H groups in total. The van der Waals surface area contributed by atoms with Gasteiger partial charge in [-0.3, -0.25) is 4.79 Å². The third-order valence-corrected chi connectivity index (χ3v) is 6.76. The minimum absolute atomic E-state index is 0.104. The van der Waals surface area contributed by atoms with Crippen LogP contribution in [0, 0.1) is 0 Å². The Labute approximate surface area is 213 Å². The van der Waals surface area contributed by atoms with Gasteiger partial charge in [0.1, 0.15) is 6.04 Å². The number of hydrogen-bond acceptors (Lipinski definition) is 5. The molecule has 9 heteroatoms. The Kier molecular flexibility index (Phi) is 9.53. The summed E-state index contributed by atoms with van der Waals surface area (Å²) in [6.07, 6.45) is 0.932. The Balaban J connectivity index is 1.66. The summed E-state index contributed by atoms with van der Waals surface area (Å²) in [5.41, 5.74) is 1.02. The Morgan fingerprint density at radius 1 is 0.917 bits per heavy atom. The molecule has 0 saturated carbocycles. The summed E-state index contributed by atoms with van der Waals surface area (Å²) in [6.45, 7) is 8.00. The number of carboxylic acid groups (broad SMARTS) is 1. The highest BCUT2D eigenvalue weighted by atomic mass is 16.7. The van der Waals surface area contributed by atoms with E-state index in [-0.39, 0.29) is 13.2 Å². The first-order chi connectivity index (χ1) is 17.1. The van der Waals surface area contributed by atoms with Crippen molar-refractivity contribution >= 4 is 19.1 Å². The van der Waals surface area contributed by atoms with Gasteiger partial charge in [-0.05, 0) is 58.1 Å². The average Bonchev–Trinajstić information content (AvgIpc) is 3.05. The third kappa shape index (κ3) is 7.81. The molecule has 2 atom stereocenters. The molecule has 1 fully saturated rings. The molecule has 2 aromatic rings. The van der Waals surface area contributed by atoms with E-state index < -0.39 is 42.3 Å². The standard InChI is InChI=1S/C27H37BN2O6/c1-26(2)27(3,4)36-28(35-26)23(17-11-16-20-12-7-5-8-13-20)30-24(31)22(29-25(32)33)19-34-18-21-14-9-6-10-15-21/h5-10,12-15,22-23,29H,11,16-19H2,1-4H3,(H,30,31)(H,32,33). The summed E-state index contributed by atoms with van der Waals surface area (Å²) in [6, 6.07) is 18.5. The molecule has 36 heavy (non-hydrogen) atoms. The van der Waals surface area contributed by atoms with Gasteiger partial charge in [-0.25, -0.2) is 4.79 Å². The maximum absolute atomic E-state index is 13.2. The van der Waals surface area contributed by atoms with Crippen LogP contribution in [0.4, 0.5) is 4.79 Å². The van der Waals surface area contributed by atoms with Crippen LogP contribution in [0.15, 0.2) is 60.7 Å². The number of carbonyl (C=O) groups is 2. The van der Waals surface area contributed by atoms with Gasteiger partial charge in [0.15, 0.2) is 0 Å². The average molecular weight is 496 g/mol. The first kappa shape index (κ1) is 27.7. The first-order valence-corrected chi connectivity index (χ1v) is 12.4. The number of ether oxygens (including phenoxy) is 1. The van der Waals surface area contributed by atoms with Crippen molar-refractivity contribution in [3.8, 4) is 0 Å². The van der Waals surface area contributed by atoms with E-state index in [4.69, 9.17) is 14.0 Å². The predicted molar refractivity (Wildman–Crippen MR) is 138 cm³/mol. The van der Waals surface area contributed by atoms with Gasteiger partial charge in [0.25, 0.3) is 0 Å². The second-order valence-electron chi connectivity index (χ2n) is 10.1. The zero-order chi connectivity index (χ0) is 26.2. The predicted octanol–water partition coefficient (Wildman–Crippen LogP) is 3.98. The summed E-state index contributed by atoms with van der Waals surface area (Å²) in [7, 11) is -0.662. The van der Waals surface area contributed by atoms with E-state index in [1.54, 1.807) is 0 Å². The van der Waals surface area contributed by atoms with Crippen LogP contribution in [0.25, 0.3) is 0 Å². The van der Waals surface area contributed by atoms with E-state index in [9.17, 15) is 14.7 Å². The topological polar surface area (TPSA) is 106 Å². The second kappa shape index (κ2) is 12.4. The molecule has 1 saturated heterocycles. The van der Waals surface area contributed by atoms with Crippen LogP contribution in [0.5, 0.6) is 0 Å². The van der Waals surface area contributed by atoms with Gasteiger partial charge in [-0.2, -0.15) is 0 Å². The molecule has 0 bridgehead atoms. The van der Waals surface area contributed by atoms with Crippen molar-refractivity contribution in [3.63, 3.8) is 0 Å². The number of benzene rings is 2. The van der Waals surface area contributed by atoms with Gasteiger partial charge in [0.05, 0.1) is 30.4 Å². The molecule has 194 valence electrons. The quantitative estimate of drug-likeness (QED) is 0.384. The van der Waals surface area contributed by atoms with Gasteiger partial charge >= 0.3 is 13.2 Å². The fourth-order valence-corrected chi connectivity index (χ4v) is 3.98. The Hall–Kier alpha value is -2.88. The summed E-state index contributed by atoms with van der Waals surface area (Å²) >= 11 is 0. The smallest absolute Gasteiger partial charge is 0.465 e. The third-order valence-electron chi connectivity index (χ3n) is 6.76. The van der Waals surface area contributed by atoms with E-state index >= 15 is 0 Å². The number of rotatable bonds is 12. The van der Waals surface area contributed by atoms with Crippen LogP contribution in [-0.2, 0) is 31.9 Å². The number of amides is 2. The highest BCUT2D eigenvalue weighted by Gasteiger charge is 2.54. The Morgan fingerprint density at radius 2 is 1.47 bits per heavy atom. The van der Waals surface area contributed by atoms with Gasteiger partial charge in [0.2, 0.25) is 5.91 Å². The van der Waals surface area contributed by atoms with Crippen LogP contribution in [0.2, 0.25) is 0 Å². The van der Waals surface area contributed by atoms with E-state index in [1.165, 1.54) is 5.56 Å². The maximum Gasteiger partial charge on any atom is 0.481 e. The first-order valence-electron chi connectivity index (χ1n) is 12.4. The van der Waals surface area contributed by atoms with Crippen LogP contribution in [-0.4, -0.2) is 54.0 Å². The summed E-state index contributed by atoms with van der Waals surface area (Å²) < 4.78 is 18.1. The molecule has 2 aromatic carbocycles. The lowest BCUT2D eigenvalue weighted by atomic mass is 9.75. The zero-order valence-corrected chi connectivity index (χ0v) is 21.5. The van der Waals surface area contributed by atoms with Crippen LogP contribution in [0.1, 0.15) is 51.7 Å². The van der Waals surface area contributed by atoms with Crippen molar-refractivity contribution in [1.29, 1.82) is 0 Å². The largest absolute Gasteiger partial charge is 0.481 e. The fraction of sp³-hybridized carbons (Fsp3) is 0.481. The van der Waals surface area contributed by atoms with Crippen LogP contribution < -0.4 is 10.6 Å². The highest BCUT2D eigenvalue weighted by Crippen LogP contribution is 2.38. The molecule has 0 radical (unpaired) electrons. The Bertz CT molecular complexity index is 970. The number of hydrogen-bond donors (Lipinski definition) is 3. The summed E-state index contributed by atoms with van der Waals surface area (Å²) in [4.78, 5) is 24.6. The van der Waals surface area contributed by atoms with Crippen molar-refractivity contribution in [3.05, 3.63) is 71.8 Å². The van der Waals surface area contributed by atoms with Crippen LogP contribution >= 0.6 is 0 Å². The molecule has 0 aliphatic carbocycles. The molecule has 3 rings (SSSR count). The molecule has 1 aliphatic heterocycles. The molecule has 1 heterocycles. The Morgan fingerprint density at radius 3 is 2.03 bits per heavy atom. The molecule has 0 spiro atoms. The van der Waals surface area contributed by atoms with Crippen molar-refractivity contribution in [2.75, 3.05) is 6.61 Å². The van der Waals surface area contributed by atoms with Crippen molar-refractivity contribution < 1.29 is 28.7 Å². The molecule has 2 amide bonds. The molecular formula is C27H37BN2O6. The molecular weight excluding hydrogens is 459 g/mol. The molecule has 0 aromatic heterocycles. The highest BCUT2D eigenvalue weighted by molar-refractivity contribution is 6.48. The lowest BCUT2D eigenvalue weighted by Crippen LogP contribution is -2.55. The normalized spacial score (nSPS) is 17.8. The minimum atomic E-state index is -1.30. The molecule has 2 unspecified atom stereocenters. The van der Waals surface area contributed by atoms with Gasteiger partial charge < -0.3 is 29.8 Å². The lowest BCUT2D eigenvalue weighted by molar-refractivity contribution is -0.125. The van der Waals surface area contributed by atoms with E-state index in [0.717, 1.165) is 18.4 Å². The number of aryl methyl sites for hydroxylation is 1. The van der Waals surface area contributed by atoms with E-state index in [2.05, 4.69) is 22.8 Å². The van der Waals surface area contributed by atoms with E-state index in [0.29, 0.717) is 6.42 Å². The van der Waals surface area contributed by atoms with Gasteiger partial charge in [-0.15, -0.1) is 0 Å². The summed E-state index contributed by atoms with van der Waals surface area (Å²) in [5.74, 6) is -0.945. The fourth-order valence-electron chi connectivity index (χ4n) is 3.98. The second-order valence-corrected chi connectivity index (χ2v) is 10.1. The monoisotopic (exact) mass is 496 g/mol. The maximum atomic E-state index is 13.2.